The maximum atomic E-state index is 3.76. The fourth-order valence-corrected chi connectivity index (χ4v) is 6.19. The van der Waals surface area contributed by atoms with Crippen LogP contribution in [0.5, 0.6) is 0 Å². The van der Waals surface area contributed by atoms with Crippen molar-refractivity contribution in [2.75, 3.05) is 0 Å². The molecular formula is C13H17Br. The zero-order chi connectivity index (χ0) is 9.34. The van der Waals surface area contributed by atoms with Gasteiger partial charge in [-0.3, -0.25) is 0 Å². The van der Waals surface area contributed by atoms with Gasteiger partial charge in [-0.2, -0.15) is 0 Å². The van der Waals surface area contributed by atoms with Crippen LogP contribution in [0.2, 0.25) is 0 Å². The molecule has 5 rings (SSSR count). The zero-order valence-corrected chi connectivity index (χ0v) is 10.1. The molecule has 5 aliphatic rings. The van der Waals surface area contributed by atoms with E-state index in [1.165, 1.54) is 23.7 Å². The first-order chi connectivity index (χ1) is 6.75. The maximum absolute atomic E-state index is 3.76. The van der Waals surface area contributed by atoms with E-state index in [-0.39, 0.29) is 0 Å². The van der Waals surface area contributed by atoms with Crippen LogP contribution < -0.4 is 0 Å². The average Bonchev–Trinajstić information content (AvgIpc) is 2.40. The Morgan fingerprint density at radius 2 is 1.86 bits per heavy atom. The molecule has 4 bridgehead atoms. The second kappa shape index (κ2) is 2.48. The highest BCUT2D eigenvalue weighted by atomic mass is 79.9. The van der Waals surface area contributed by atoms with Gasteiger partial charge < -0.3 is 0 Å². The zero-order valence-electron chi connectivity index (χ0n) is 8.51. The van der Waals surface area contributed by atoms with Crippen LogP contribution in [-0.4, -0.2) is 0 Å². The van der Waals surface area contributed by atoms with Gasteiger partial charge in [0.15, 0.2) is 0 Å². The van der Waals surface area contributed by atoms with E-state index in [1.54, 1.807) is 19.3 Å². The summed E-state index contributed by atoms with van der Waals surface area (Å²) < 4.78 is 1.52. The Morgan fingerprint density at radius 3 is 2.57 bits per heavy atom. The van der Waals surface area contributed by atoms with E-state index in [0.29, 0.717) is 5.41 Å². The molecular weight excluding hydrogens is 236 g/mol. The molecule has 0 aromatic carbocycles. The first-order valence-electron chi connectivity index (χ1n) is 6.12. The van der Waals surface area contributed by atoms with Crippen molar-refractivity contribution in [3.05, 3.63) is 10.6 Å². The molecule has 76 valence electrons. The van der Waals surface area contributed by atoms with Crippen molar-refractivity contribution in [1.29, 1.82) is 0 Å². The van der Waals surface area contributed by atoms with Crippen LogP contribution in [0, 0.1) is 29.1 Å². The predicted molar refractivity (Wildman–Crippen MR) is 61.1 cm³/mol. The van der Waals surface area contributed by atoms with Crippen molar-refractivity contribution in [1.82, 2.24) is 0 Å². The first-order valence-corrected chi connectivity index (χ1v) is 6.92. The molecule has 0 aromatic rings. The van der Waals surface area contributed by atoms with Gasteiger partial charge in [0.05, 0.1) is 0 Å². The van der Waals surface area contributed by atoms with Crippen molar-refractivity contribution < 1.29 is 0 Å². The lowest BCUT2D eigenvalue weighted by Crippen LogP contribution is -2.50. The second-order valence-corrected chi connectivity index (χ2v) is 7.26. The minimum atomic E-state index is 0.674. The molecule has 0 saturated heterocycles. The van der Waals surface area contributed by atoms with Crippen LogP contribution in [0.3, 0.4) is 0 Å². The van der Waals surface area contributed by atoms with Gasteiger partial charge >= 0.3 is 0 Å². The largest absolute Gasteiger partial charge is 0.0678 e. The summed E-state index contributed by atoms with van der Waals surface area (Å²) in [6, 6.07) is 0. The third-order valence-electron chi connectivity index (χ3n) is 5.44. The molecule has 0 nitrogen and oxygen atoms in total. The van der Waals surface area contributed by atoms with E-state index >= 15 is 0 Å². The first kappa shape index (κ1) is 8.38. The Labute approximate surface area is 94.3 Å². The molecule has 4 fully saturated rings. The molecule has 0 aliphatic heterocycles. The highest BCUT2D eigenvalue weighted by Crippen LogP contribution is 2.67. The third kappa shape index (κ3) is 0.905. The lowest BCUT2D eigenvalue weighted by molar-refractivity contribution is -0.0722. The number of halogens is 1. The minimum absolute atomic E-state index is 0.674. The summed E-state index contributed by atoms with van der Waals surface area (Å²) in [6.45, 7) is 0. The molecule has 0 amide bonds. The van der Waals surface area contributed by atoms with Crippen LogP contribution >= 0.6 is 15.9 Å². The summed E-state index contributed by atoms with van der Waals surface area (Å²) in [7, 11) is 0. The Hall–Kier alpha value is 0.220. The Bertz CT molecular complexity index is 303. The summed E-state index contributed by atoms with van der Waals surface area (Å²) in [5.41, 5.74) is 0.674. The van der Waals surface area contributed by atoms with Gasteiger partial charge in [0.1, 0.15) is 0 Å². The molecule has 1 spiro atoms. The van der Waals surface area contributed by atoms with Gasteiger partial charge in [-0.15, -0.1) is 0 Å². The monoisotopic (exact) mass is 252 g/mol. The summed E-state index contributed by atoms with van der Waals surface area (Å²) >= 11 is 3.76. The van der Waals surface area contributed by atoms with Crippen molar-refractivity contribution in [3.63, 3.8) is 0 Å². The molecule has 0 aromatic heterocycles. The number of hydrogen-bond donors (Lipinski definition) is 0. The predicted octanol–water partition coefficient (Wildman–Crippen LogP) is 4.11. The lowest BCUT2D eigenvalue weighted by atomic mass is 9.46. The smallest absolute Gasteiger partial charge is 0.00678 e. The highest BCUT2D eigenvalue weighted by Gasteiger charge is 2.57. The van der Waals surface area contributed by atoms with E-state index in [9.17, 15) is 0 Å². The van der Waals surface area contributed by atoms with E-state index in [0.717, 1.165) is 23.7 Å². The molecule has 14 heavy (non-hydrogen) atoms. The molecule has 0 radical (unpaired) electrons. The van der Waals surface area contributed by atoms with Crippen molar-refractivity contribution in [2.24, 2.45) is 29.1 Å². The SMILES string of the molecule is BrC1=CC23CC4CC(CC(C4)C2C1)C3. The molecule has 1 heteroatoms. The summed E-state index contributed by atoms with van der Waals surface area (Å²) in [4.78, 5) is 0. The molecule has 3 unspecified atom stereocenters. The normalized spacial score (nSPS) is 58.8. The van der Waals surface area contributed by atoms with Crippen molar-refractivity contribution in [3.8, 4) is 0 Å². The van der Waals surface area contributed by atoms with E-state index < -0.39 is 0 Å². The molecule has 0 N–H and O–H groups in total. The van der Waals surface area contributed by atoms with Crippen LogP contribution in [0.1, 0.15) is 38.5 Å². The van der Waals surface area contributed by atoms with Gasteiger partial charge in [-0.25, -0.2) is 0 Å². The standard InChI is InChI=1S/C13H17Br/c14-11-4-12-10-2-8-1-9(3-10)6-13(12,5-8)7-11/h7-10,12H,1-6H2. The number of rotatable bonds is 0. The molecule has 5 aliphatic carbocycles. The van der Waals surface area contributed by atoms with E-state index in [1.807, 2.05) is 0 Å². The molecule has 0 heterocycles. The van der Waals surface area contributed by atoms with Crippen LogP contribution in [0.15, 0.2) is 10.6 Å². The van der Waals surface area contributed by atoms with Gasteiger partial charge in [0.25, 0.3) is 0 Å². The van der Waals surface area contributed by atoms with Gasteiger partial charge in [0.2, 0.25) is 0 Å². The number of allylic oxidation sites excluding steroid dienone is 2. The Morgan fingerprint density at radius 1 is 1.14 bits per heavy atom. The van der Waals surface area contributed by atoms with Crippen LogP contribution in [0.25, 0.3) is 0 Å². The van der Waals surface area contributed by atoms with Gasteiger partial charge in [-0.05, 0) is 72.1 Å². The molecule has 4 saturated carbocycles. The topological polar surface area (TPSA) is 0 Å². The highest BCUT2D eigenvalue weighted by molar-refractivity contribution is 9.11. The third-order valence-corrected chi connectivity index (χ3v) is 6.00. The quantitative estimate of drug-likeness (QED) is 0.609. The Balaban J connectivity index is 1.82. The summed E-state index contributed by atoms with van der Waals surface area (Å²) in [5.74, 6) is 4.31. The summed E-state index contributed by atoms with van der Waals surface area (Å²) in [6.07, 6.45) is 11.7. The Kier molecular flexibility index (Phi) is 1.48. The van der Waals surface area contributed by atoms with Crippen molar-refractivity contribution >= 4 is 15.9 Å². The van der Waals surface area contributed by atoms with Gasteiger partial charge in [0, 0.05) is 0 Å². The second-order valence-electron chi connectivity index (χ2n) is 6.24. The number of hydrogen-bond acceptors (Lipinski definition) is 0. The maximum Gasteiger partial charge on any atom is -0.00678 e. The van der Waals surface area contributed by atoms with Crippen molar-refractivity contribution in [2.45, 2.75) is 38.5 Å². The minimum Gasteiger partial charge on any atom is -0.0678 e. The average molecular weight is 253 g/mol. The summed E-state index contributed by atoms with van der Waals surface area (Å²) in [5, 5.41) is 0. The molecule has 3 atom stereocenters. The van der Waals surface area contributed by atoms with Gasteiger partial charge in [-0.1, -0.05) is 22.0 Å². The fourth-order valence-electron chi connectivity index (χ4n) is 5.38. The van der Waals surface area contributed by atoms with Crippen LogP contribution in [0.4, 0.5) is 0 Å². The lowest BCUT2D eigenvalue weighted by Gasteiger charge is -2.58. The van der Waals surface area contributed by atoms with Crippen LogP contribution in [-0.2, 0) is 0 Å². The van der Waals surface area contributed by atoms with E-state index in [2.05, 4.69) is 22.0 Å². The van der Waals surface area contributed by atoms with E-state index in [4.69, 9.17) is 0 Å². The fraction of sp³-hybridized carbons (Fsp3) is 0.846.